The quantitative estimate of drug-likeness (QED) is 0.928. The van der Waals surface area contributed by atoms with Gasteiger partial charge in [-0.3, -0.25) is 0 Å². The summed E-state index contributed by atoms with van der Waals surface area (Å²) in [6, 6.07) is 5.71. The number of aryl methyl sites for hydroxylation is 1. The van der Waals surface area contributed by atoms with Gasteiger partial charge in [0.1, 0.15) is 11.9 Å². The molecule has 2 heterocycles. The van der Waals surface area contributed by atoms with E-state index < -0.39 is 16.1 Å². The maximum atomic E-state index is 12.9. The lowest BCUT2D eigenvalue weighted by Crippen LogP contribution is -2.43. The number of morpholine rings is 1. The summed E-state index contributed by atoms with van der Waals surface area (Å²) in [6.45, 7) is 2.80. The molecule has 118 valence electrons. The van der Waals surface area contributed by atoms with Crippen LogP contribution in [-0.2, 0) is 14.8 Å². The molecule has 22 heavy (non-hydrogen) atoms. The second kappa shape index (κ2) is 6.00. The van der Waals surface area contributed by atoms with Crippen LogP contribution in [0.1, 0.15) is 17.6 Å². The Labute approximate surface area is 134 Å². The molecule has 1 saturated heterocycles. The summed E-state index contributed by atoms with van der Waals surface area (Å²) in [5.41, 5.74) is 0.879. The van der Waals surface area contributed by atoms with E-state index in [4.69, 9.17) is 16.3 Å². The van der Waals surface area contributed by atoms with Crippen LogP contribution in [-0.4, -0.2) is 42.4 Å². The highest BCUT2D eigenvalue weighted by molar-refractivity contribution is 7.89. The molecule has 0 radical (unpaired) electrons. The second-order valence-corrected chi connectivity index (χ2v) is 7.44. The van der Waals surface area contributed by atoms with Gasteiger partial charge in [0.2, 0.25) is 10.0 Å². The zero-order valence-electron chi connectivity index (χ0n) is 12.0. The Morgan fingerprint density at radius 2 is 2.09 bits per heavy atom. The van der Waals surface area contributed by atoms with Crippen molar-refractivity contribution in [3.63, 3.8) is 0 Å². The van der Waals surface area contributed by atoms with Crippen molar-refractivity contribution in [1.29, 1.82) is 0 Å². The van der Waals surface area contributed by atoms with E-state index in [1.165, 1.54) is 16.4 Å². The van der Waals surface area contributed by atoms with Crippen molar-refractivity contribution in [2.45, 2.75) is 17.9 Å². The molecule has 3 rings (SSSR count). The molecule has 1 atom stereocenters. The first kappa shape index (κ1) is 15.5. The molecule has 0 spiro atoms. The zero-order chi connectivity index (χ0) is 15.7. The predicted octanol–water partition coefficient (Wildman–Crippen LogP) is 2.13. The lowest BCUT2D eigenvalue weighted by atomic mass is 10.2. The number of ether oxygens (including phenoxy) is 1. The van der Waals surface area contributed by atoms with E-state index in [1.54, 1.807) is 18.3 Å². The van der Waals surface area contributed by atoms with Gasteiger partial charge in [-0.2, -0.15) is 4.31 Å². The number of hydrogen-bond donors (Lipinski definition) is 1. The number of hydrogen-bond acceptors (Lipinski definition) is 4. The minimum absolute atomic E-state index is 0.215. The number of H-pyrrole nitrogens is 1. The highest BCUT2D eigenvalue weighted by Crippen LogP contribution is 2.29. The largest absolute Gasteiger partial charge is 0.378 e. The van der Waals surface area contributed by atoms with Crippen molar-refractivity contribution in [2.75, 3.05) is 19.8 Å². The van der Waals surface area contributed by atoms with Gasteiger partial charge in [-0.25, -0.2) is 13.4 Å². The number of aromatic nitrogens is 2. The van der Waals surface area contributed by atoms with Gasteiger partial charge < -0.3 is 9.72 Å². The maximum absolute atomic E-state index is 12.9. The van der Waals surface area contributed by atoms with Crippen LogP contribution in [0.2, 0.25) is 5.02 Å². The predicted molar refractivity (Wildman–Crippen MR) is 82.2 cm³/mol. The highest BCUT2D eigenvalue weighted by Gasteiger charge is 2.36. The van der Waals surface area contributed by atoms with Gasteiger partial charge in [-0.1, -0.05) is 11.6 Å². The summed E-state index contributed by atoms with van der Waals surface area (Å²) in [5.74, 6) is 0.592. The number of nitrogens with zero attached hydrogens (tertiary/aromatic N) is 2. The van der Waals surface area contributed by atoms with Crippen molar-refractivity contribution in [3.05, 3.63) is 47.0 Å². The molecule has 1 aliphatic rings. The second-order valence-electron chi connectivity index (χ2n) is 5.11. The van der Waals surface area contributed by atoms with Gasteiger partial charge in [0.15, 0.2) is 0 Å². The Bertz CT molecular complexity index is 758. The molecule has 0 amide bonds. The Morgan fingerprint density at radius 3 is 2.73 bits per heavy atom. The number of aromatic amines is 1. The first-order chi connectivity index (χ1) is 10.5. The van der Waals surface area contributed by atoms with Gasteiger partial charge in [0, 0.05) is 23.5 Å². The van der Waals surface area contributed by atoms with E-state index in [-0.39, 0.29) is 18.0 Å². The van der Waals surface area contributed by atoms with Crippen LogP contribution in [0, 0.1) is 6.92 Å². The number of halogens is 1. The molecule has 1 aromatic heterocycles. The SMILES string of the molecule is Cc1cnc([C@@H]2COCCN2S(=O)(=O)c2ccc(Cl)cc2)[nH]1. The molecule has 2 aromatic rings. The smallest absolute Gasteiger partial charge is 0.243 e. The molecule has 0 saturated carbocycles. The van der Waals surface area contributed by atoms with Crippen LogP contribution in [0.25, 0.3) is 0 Å². The normalized spacial score (nSPS) is 20.2. The van der Waals surface area contributed by atoms with Gasteiger partial charge >= 0.3 is 0 Å². The van der Waals surface area contributed by atoms with Crippen molar-refractivity contribution >= 4 is 21.6 Å². The van der Waals surface area contributed by atoms with Crippen LogP contribution in [0.3, 0.4) is 0 Å². The van der Waals surface area contributed by atoms with Gasteiger partial charge in [-0.05, 0) is 31.2 Å². The molecule has 1 fully saturated rings. The molecule has 1 aliphatic heterocycles. The number of benzene rings is 1. The van der Waals surface area contributed by atoms with Crippen molar-refractivity contribution in [1.82, 2.24) is 14.3 Å². The zero-order valence-corrected chi connectivity index (χ0v) is 13.6. The van der Waals surface area contributed by atoms with Crippen molar-refractivity contribution < 1.29 is 13.2 Å². The van der Waals surface area contributed by atoms with E-state index >= 15 is 0 Å². The van der Waals surface area contributed by atoms with Crippen LogP contribution in [0.15, 0.2) is 35.4 Å². The standard InChI is InChI=1S/C14H16ClN3O3S/c1-10-8-16-14(17-10)13-9-21-7-6-18(13)22(19,20)12-4-2-11(15)3-5-12/h2-5,8,13H,6-7,9H2,1H3,(H,16,17)/t13-/m0/s1. The average Bonchev–Trinajstić information content (AvgIpc) is 2.94. The van der Waals surface area contributed by atoms with Gasteiger partial charge in [0.25, 0.3) is 0 Å². The molecule has 6 nitrogen and oxygen atoms in total. The summed E-state index contributed by atoms with van der Waals surface area (Å²) in [6.07, 6.45) is 1.68. The fourth-order valence-electron chi connectivity index (χ4n) is 2.44. The fraction of sp³-hybridized carbons (Fsp3) is 0.357. The first-order valence-electron chi connectivity index (χ1n) is 6.85. The summed E-state index contributed by atoms with van der Waals surface area (Å²) >= 11 is 5.83. The molecule has 0 aliphatic carbocycles. The topological polar surface area (TPSA) is 75.3 Å². The lowest BCUT2D eigenvalue weighted by molar-refractivity contribution is 0.0292. The Balaban J connectivity index is 1.97. The van der Waals surface area contributed by atoms with Gasteiger partial charge in [-0.15, -0.1) is 0 Å². The maximum Gasteiger partial charge on any atom is 0.243 e. The third-order valence-corrected chi connectivity index (χ3v) is 5.71. The highest BCUT2D eigenvalue weighted by atomic mass is 35.5. The molecule has 0 bridgehead atoms. The van der Waals surface area contributed by atoms with Crippen molar-refractivity contribution in [2.24, 2.45) is 0 Å². The van der Waals surface area contributed by atoms with Crippen LogP contribution >= 0.6 is 11.6 Å². The number of sulfonamides is 1. The monoisotopic (exact) mass is 341 g/mol. The van der Waals surface area contributed by atoms with E-state index in [0.29, 0.717) is 17.5 Å². The van der Waals surface area contributed by atoms with Crippen LogP contribution in [0.4, 0.5) is 0 Å². The van der Waals surface area contributed by atoms with Crippen LogP contribution < -0.4 is 0 Å². The molecule has 1 N–H and O–H groups in total. The van der Waals surface area contributed by atoms with Crippen molar-refractivity contribution in [3.8, 4) is 0 Å². The summed E-state index contributed by atoms with van der Waals surface area (Å²) in [4.78, 5) is 7.55. The molecular formula is C14H16ClN3O3S. The van der Waals surface area contributed by atoms with Gasteiger partial charge in [0.05, 0.1) is 18.1 Å². The fourth-order valence-corrected chi connectivity index (χ4v) is 4.12. The molecule has 0 unspecified atom stereocenters. The van der Waals surface area contributed by atoms with Crippen LogP contribution in [0.5, 0.6) is 0 Å². The molecule has 8 heteroatoms. The molecular weight excluding hydrogens is 326 g/mol. The molecule has 1 aromatic carbocycles. The van der Waals surface area contributed by atoms with E-state index in [1.807, 2.05) is 6.92 Å². The first-order valence-corrected chi connectivity index (χ1v) is 8.67. The Hall–Kier alpha value is -1.41. The summed E-state index contributed by atoms with van der Waals surface area (Å²) in [7, 11) is -3.63. The Kier molecular flexibility index (Phi) is 4.22. The lowest BCUT2D eigenvalue weighted by Gasteiger charge is -2.33. The summed E-state index contributed by atoms with van der Waals surface area (Å²) in [5, 5.41) is 0.499. The minimum atomic E-state index is -3.63. The Morgan fingerprint density at radius 1 is 1.36 bits per heavy atom. The van der Waals surface area contributed by atoms with E-state index in [9.17, 15) is 8.42 Å². The number of rotatable bonds is 3. The van der Waals surface area contributed by atoms with E-state index in [2.05, 4.69) is 9.97 Å². The average molecular weight is 342 g/mol. The number of nitrogens with one attached hydrogen (secondary N) is 1. The third kappa shape index (κ3) is 2.89. The number of imidazole rings is 1. The minimum Gasteiger partial charge on any atom is -0.378 e. The summed E-state index contributed by atoms with van der Waals surface area (Å²) < 4.78 is 32.6. The third-order valence-electron chi connectivity index (χ3n) is 3.54. The van der Waals surface area contributed by atoms with E-state index in [0.717, 1.165) is 5.69 Å².